The first-order valence-electron chi connectivity index (χ1n) is 18.1. The first kappa shape index (κ1) is 34.6. The second-order valence-electron chi connectivity index (χ2n) is 14.7. The first-order valence-corrected chi connectivity index (χ1v) is 18.1. The predicted molar refractivity (Wildman–Crippen MR) is 193 cm³/mol. The van der Waals surface area contributed by atoms with E-state index in [0.717, 1.165) is 65.3 Å². The molecule has 2 heterocycles. The SMILES string of the molecule is CC(C)Cc1[c-]c(-c2nccc3cc(C4CCCC4)ccc23)c2oc3ccccc3c2c1.O=C(/C=C(\O)C1CCCC1)C1CCCC1.[Ir]. The third-order valence-electron chi connectivity index (χ3n) is 10.8. The standard InChI is InChI=1S/C30H28NO.C13H20O2.Ir/c1-19(2)15-20-16-26-25-9-5-6-10-28(25)32-30(26)27(17-20)29-24-12-11-22(21-7-3-4-8-21)18-23(24)13-14-31-29;14-12(10-5-1-2-6-10)9-13(15)11-7-3-4-8-11;/h5-6,9-14,16,18-19,21H,3-4,7-8,15H2,1-2H3;9-11,14H,1-8H2;/q-1;;/b;12-9-;. The third kappa shape index (κ3) is 7.48. The van der Waals surface area contributed by atoms with Crippen LogP contribution in [0.15, 0.2) is 77.0 Å². The van der Waals surface area contributed by atoms with E-state index in [9.17, 15) is 9.90 Å². The van der Waals surface area contributed by atoms with Crippen molar-refractivity contribution in [2.45, 2.75) is 103 Å². The summed E-state index contributed by atoms with van der Waals surface area (Å²) in [6, 6.07) is 23.4. The average Bonchev–Trinajstić information content (AvgIpc) is 3.91. The Morgan fingerprint density at radius 3 is 2.29 bits per heavy atom. The van der Waals surface area contributed by atoms with Gasteiger partial charge in [0, 0.05) is 49.6 Å². The van der Waals surface area contributed by atoms with Crippen LogP contribution in [-0.2, 0) is 31.3 Å². The maximum Gasteiger partial charge on any atom is 0.162 e. The van der Waals surface area contributed by atoms with Crippen LogP contribution in [0.2, 0.25) is 0 Å². The van der Waals surface area contributed by atoms with E-state index in [2.05, 4.69) is 62.4 Å². The van der Waals surface area contributed by atoms with E-state index in [1.165, 1.54) is 79.3 Å². The molecule has 1 radical (unpaired) electrons. The molecule has 48 heavy (non-hydrogen) atoms. The Morgan fingerprint density at radius 1 is 0.875 bits per heavy atom. The monoisotopic (exact) mass is 819 g/mol. The number of fused-ring (bicyclic) bond motifs is 4. The topological polar surface area (TPSA) is 63.3 Å². The molecular weight excluding hydrogens is 771 g/mol. The van der Waals surface area contributed by atoms with E-state index in [-0.39, 0.29) is 37.7 Å². The van der Waals surface area contributed by atoms with Crippen LogP contribution in [0, 0.1) is 23.8 Å². The zero-order valence-corrected chi connectivity index (χ0v) is 30.8. The molecule has 3 aromatic carbocycles. The van der Waals surface area contributed by atoms with E-state index in [0.29, 0.717) is 17.6 Å². The first-order chi connectivity index (χ1) is 22.9. The number of carbonyl (C=O) groups is 1. The molecule has 0 unspecified atom stereocenters. The number of para-hydroxylation sites is 1. The fourth-order valence-corrected chi connectivity index (χ4v) is 8.26. The second-order valence-corrected chi connectivity index (χ2v) is 14.7. The number of aliphatic hydroxyl groups excluding tert-OH is 1. The van der Waals surface area contributed by atoms with Crippen molar-refractivity contribution >= 4 is 38.5 Å². The van der Waals surface area contributed by atoms with Crippen LogP contribution in [0.3, 0.4) is 0 Å². The summed E-state index contributed by atoms with van der Waals surface area (Å²) in [6.45, 7) is 4.51. The number of nitrogens with zero attached hydrogens (tertiary/aromatic N) is 1. The number of aromatic nitrogens is 1. The number of hydrogen-bond acceptors (Lipinski definition) is 4. The number of allylic oxidation sites excluding steroid dienone is 2. The molecular formula is C43H48IrNO3-. The van der Waals surface area contributed by atoms with Crippen molar-refractivity contribution < 1.29 is 34.4 Å². The van der Waals surface area contributed by atoms with Gasteiger partial charge in [-0.3, -0.25) is 4.79 Å². The molecule has 0 bridgehead atoms. The quantitative estimate of drug-likeness (QED) is 0.101. The Labute approximate surface area is 298 Å². The van der Waals surface area contributed by atoms with Crippen molar-refractivity contribution in [1.29, 1.82) is 0 Å². The van der Waals surface area contributed by atoms with Crippen LogP contribution in [0.1, 0.15) is 108 Å². The molecule has 4 nitrogen and oxygen atoms in total. The minimum atomic E-state index is 0. The van der Waals surface area contributed by atoms with E-state index in [1.807, 2.05) is 18.3 Å². The molecule has 0 saturated heterocycles. The summed E-state index contributed by atoms with van der Waals surface area (Å²) >= 11 is 0. The largest absolute Gasteiger partial charge is 0.512 e. The van der Waals surface area contributed by atoms with E-state index in [4.69, 9.17) is 9.40 Å². The maximum absolute atomic E-state index is 11.8. The smallest absolute Gasteiger partial charge is 0.162 e. The van der Waals surface area contributed by atoms with Gasteiger partial charge in [-0.1, -0.05) is 99.7 Å². The van der Waals surface area contributed by atoms with Crippen molar-refractivity contribution in [3.63, 3.8) is 0 Å². The van der Waals surface area contributed by atoms with Gasteiger partial charge in [-0.25, -0.2) is 0 Å². The average molecular weight is 819 g/mol. The molecule has 3 saturated carbocycles. The van der Waals surface area contributed by atoms with Crippen molar-refractivity contribution in [2.24, 2.45) is 17.8 Å². The van der Waals surface area contributed by atoms with Gasteiger partial charge < -0.3 is 14.5 Å². The normalized spacial score (nSPS) is 17.8. The molecule has 5 heteroatoms. The summed E-state index contributed by atoms with van der Waals surface area (Å²) in [5.41, 5.74) is 6.44. The van der Waals surface area contributed by atoms with Crippen LogP contribution >= 0.6 is 0 Å². The van der Waals surface area contributed by atoms with Gasteiger partial charge in [-0.05, 0) is 90.9 Å². The predicted octanol–water partition coefficient (Wildman–Crippen LogP) is 11.8. The molecule has 3 fully saturated rings. The Balaban J connectivity index is 0.000000212. The Hall–Kier alpha value is -3.27. The number of ketones is 1. The number of pyridine rings is 1. The maximum atomic E-state index is 11.8. The molecule has 2 aromatic heterocycles. The molecule has 8 rings (SSSR count). The minimum absolute atomic E-state index is 0. The van der Waals surface area contributed by atoms with Gasteiger partial charge in [0.25, 0.3) is 0 Å². The molecule has 253 valence electrons. The molecule has 0 atom stereocenters. The molecule has 1 N–H and O–H groups in total. The fraction of sp³-hybridized carbons (Fsp3) is 0.442. The zero-order valence-electron chi connectivity index (χ0n) is 28.4. The van der Waals surface area contributed by atoms with Crippen molar-refractivity contribution in [3.8, 4) is 11.3 Å². The van der Waals surface area contributed by atoms with Gasteiger partial charge in [-0.15, -0.1) is 17.7 Å². The van der Waals surface area contributed by atoms with Crippen LogP contribution in [0.5, 0.6) is 0 Å². The third-order valence-corrected chi connectivity index (χ3v) is 10.8. The number of rotatable bonds is 7. The molecule has 3 aliphatic rings. The van der Waals surface area contributed by atoms with E-state index in [1.54, 1.807) is 0 Å². The molecule has 0 spiro atoms. The summed E-state index contributed by atoms with van der Waals surface area (Å²) < 4.78 is 6.38. The van der Waals surface area contributed by atoms with Crippen LogP contribution < -0.4 is 0 Å². The fourth-order valence-electron chi connectivity index (χ4n) is 8.26. The van der Waals surface area contributed by atoms with Crippen molar-refractivity contribution in [2.75, 3.05) is 0 Å². The summed E-state index contributed by atoms with van der Waals surface area (Å²) in [6.07, 6.45) is 18.7. The summed E-state index contributed by atoms with van der Waals surface area (Å²) in [7, 11) is 0. The van der Waals surface area contributed by atoms with Crippen LogP contribution in [-0.4, -0.2) is 15.9 Å². The van der Waals surface area contributed by atoms with Gasteiger partial charge in [0.15, 0.2) is 5.78 Å². The summed E-state index contributed by atoms with van der Waals surface area (Å²) in [5.74, 6) is 2.26. The molecule has 3 aliphatic carbocycles. The van der Waals surface area contributed by atoms with Gasteiger partial charge in [0.05, 0.1) is 11.3 Å². The summed E-state index contributed by atoms with van der Waals surface area (Å²) in [4.78, 5) is 16.6. The van der Waals surface area contributed by atoms with Crippen molar-refractivity contribution in [3.05, 3.63) is 89.8 Å². The van der Waals surface area contributed by atoms with E-state index < -0.39 is 0 Å². The molecule has 0 amide bonds. The number of hydrogen-bond donors (Lipinski definition) is 1. The Morgan fingerprint density at radius 2 is 1.56 bits per heavy atom. The van der Waals surface area contributed by atoms with Gasteiger partial charge in [-0.2, -0.15) is 0 Å². The van der Waals surface area contributed by atoms with Gasteiger partial charge in [0.2, 0.25) is 0 Å². The Kier molecular flexibility index (Phi) is 11.2. The Bertz CT molecular complexity index is 1900. The van der Waals surface area contributed by atoms with Crippen LogP contribution in [0.25, 0.3) is 44.0 Å². The summed E-state index contributed by atoms with van der Waals surface area (Å²) in [5, 5.41) is 14.6. The number of benzene rings is 3. The van der Waals surface area contributed by atoms with Gasteiger partial charge in [0.1, 0.15) is 5.58 Å². The number of furan rings is 1. The number of aliphatic hydroxyl groups is 1. The van der Waals surface area contributed by atoms with Crippen LogP contribution in [0.4, 0.5) is 0 Å². The molecule has 0 aliphatic heterocycles. The molecule has 5 aromatic rings. The van der Waals surface area contributed by atoms with Crippen molar-refractivity contribution in [1.82, 2.24) is 4.98 Å². The number of carbonyl (C=O) groups excluding carboxylic acids is 1. The zero-order chi connectivity index (χ0) is 32.3. The minimum Gasteiger partial charge on any atom is -0.512 e. The van der Waals surface area contributed by atoms with Gasteiger partial charge >= 0.3 is 0 Å². The van der Waals surface area contributed by atoms with E-state index >= 15 is 0 Å². The second kappa shape index (κ2) is 15.5.